The Morgan fingerprint density at radius 1 is 1.04 bits per heavy atom. The highest BCUT2D eigenvalue weighted by atomic mass is 35.5. The van der Waals surface area contributed by atoms with E-state index in [-0.39, 0.29) is 17.9 Å². The second-order valence-electron chi connectivity index (χ2n) is 5.65. The molecule has 0 radical (unpaired) electrons. The summed E-state index contributed by atoms with van der Waals surface area (Å²) in [6, 6.07) is 11.0. The van der Waals surface area contributed by atoms with Crippen LogP contribution in [0.4, 0.5) is 4.39 Å². The minimum absolute atomic E-state index is 0.196. The zero-order valence-electron chi connectivity index (χ0n) is 13.2. The number of hydrogen-bond acceptors (Lipinski definition) is 3. The van der Waals surface area contributed by atoms with Crippen molar-refractivity contribution >= 4 is 34.2 Å². The summed E-state index contributed by atoms with van der Waals surface area (Å²) < 4.78 is 16.0. The first-order valence-corrected chi connectivity index (χ1v) is 8.42. The molecule has 2 aromatic carbocycles. The predicted molar refractivity (Wildman–Crippen MR) is 98.6 cm³/mol. The van der Waals surface area contributed by atoms with Crippen molar-refractivity contribution in [3.63, 3.8) is 0 Å². The number of fused-ring (bicyclic) bond motifs is 1. The fraction of sp³-hybridized carbons (Fsp3) is 0.0556. The van der Waals surface area contributed by atoms with Crippen LogP contribution in [-0.4, -0.2) is 19.3 Å². The number of rotatable bonds is 3. The smallest absolute Gasteiger partial charge is 0.264 e. The molecule has 0 fully saturated rings. The zero-order chi connectivity index (χ0) is 18.3. The number of nitrogens with zero attached hydrogens (tertiary/aromatic N) is 4. The third-order valence-corrected chi connectivity index (χ3v) is 4.72. The molecule has 0 aliphatic heterocycles. The van der Waals surface area contributed by atoms with E-state index in [2.05, 4.69) is 10.1 Å². The van der Waals surface area contributed by atoms with Crippen LogP contribution in [0.15, 0.2) is 59.8 Å². The highest BCUT2D eigenvalue weighted by Crippen LogP contribution is 2.25. The van der Waals surface area contributed by atoms with Crippen LogP contribution in [-0.2, 0) is 6.54 Å². The Morgan fingerprint density at radius 3 is 2.42 bits per heavy atom. The summed E-state index contributed by atoms with van der Waals surface area (Å²) >= 11 is 12.4. The van der Waals surface area contributed by atoms with Gasteiger partial charge in [0.25, 0.3) is 5.56 Å². The molecule has 0 saturated carbocycles. The van der Waals surface area contributed by atoms with Crippen molar-refractivity contribution < 1.29 is 4.39 Å². The standard InChI is InChI=1S/C18H11Cl2FN4O/c19-15-2-1-3-16(20)14(15)9-24-10-22-17-13(18(24)26)8-23-25(17)12-6-4-11(21)5-7-12/h1-8,10H,9H2. The SMILES string of the molecule is O=c1c2cnn(-c3ccc(F)cc3)c2ncn1Cc1c(Cl)cccc1Cl. The minimum Gasteiger partial charge on any atom is -0.294 e. The van der Waals surface area contributed by atoms with Gasteiger partial charge < -0.3 is 0 Å². The lowest BCUT2D eigenvalue weighted by molar-refractivity contribution is 0.627. The lowest BCUT2D eigenvalue weighted by atomic mass is 10.2. The van der Waals surface area contributed by atoms with E-state index in [4.69, 9.17) is 23.2 Å². The molecule has 0 aliphatic rings. The van der Waals surface area contributed by atoms with Crippen LogP contribution in [0.1, 0.15) is 5.56 Å². The van der Waals surface area contributed by atoms with Crippen LogP contribution < -0.4 is 5.56 Å². The highest BCUT2D eigenvalue weighted by molar-refractivity contribution is 6.35. The highest BCUT2D eigenvalue weighted by Gasteiger charge is 2.13. The lowest BCUT2D eigenvalue weighted by Gasteiger charge is -2.09. The second kappa shape index (κ2) is 6.55. The van der Waals surface area contributed by atoms with Crippen molar-refractivity contribution in [2.45, 2.75) is 6.54 Å². The van der Waals surface area contributed by atoms with Crippen LogP contribution >= 0.6 is 23.2 Å². The Morgan fingerprint density at radius 2 is 1.73 bits per heavy atom. The van der Waals surface area contributed by atoms with E-state index in [1.165, 1.54) is 33.9 Å². The molecular weight excluding hydrogens is 378 g/mol. The number of hydrogen-bond donors (Lipinski definition) is 0. The zero-order valence-corrected chi connectivity index (χ0v) is 14.7. The van der Waals surface area contributed by atoms with Crippen LogP contribution in [0, 0.1) is 5.82 Å². The van der Waals surface area contributed by atoms with Crippen molar-refractivity contribution in [3.05, 3.63) is 86.8 Å². The van der Waals surface area contributed by atoms with Crippen LogP contribution in [0.2, 0.25) is 10.0 Å². The maximum absolute atomic E-state index is 13.1. The average molecular weight is 389 g/mol. The molecular formula is C18H11Cl2FN4O. The normalized spacial score (nSPS) is 11.2. The van der Waals surface area contributed by atoms with Gasteiger partial charge in [-0.2, -0.15) is 5.10 Å². The Bertz CT molecular complexity index is 1150. The topological polar surface area (TPSA) is 52.7 Å². The van der Waals surface area contributed by atoms with Crippen molar-refractivity contribution in [3.8, 4) is 5.69 Å². The van der Waals surface area contributed by atoms with Crippen molar-refractivity contribution in [1.29, 1.82) is 0 Å². The summed E-state index contributed by atoms with van der Waals surface area (Å²) in [6.07, 6.45) is 2.87. The molecule has 2 aromatic heterocycles. The molecule has 0 aliphatic carbocycles. The van der Waals surface area contributed by atoms with E-state index in [9.17, 15) is 9.18 Å². The summed E-state index contributed by atoms with van der Waals surface area (Å²) in [5.41, 5.74) is 1.38. The van der Waals surface area contributed by atoms with Gasteiger partial charge in [-0.1, -0.05) is 29.3 Å². The molecule has 0 amide bonds. The van der Waals surface area contributed by atoms with E-state index >= 15 is 0 Å². The molecule has 0 unspecified atom stereocenters. The molecule has 5 nitrogen and oxygen atoms in total. The van der Waals surface area contributed by atoms with Crippen molar-refractivity contribution in [1.82, 2.24) is 19.3 Å². The first kappa shape index (κ1) is 16.8. The fourth-order valence-electron chi connectivity index (χ4n) is 2.69. The Labute approximate surface area is 157 Å². The maximum Gasteiger partial charge on any atom is 0.264 e. The first-order valence-electron chi connectivity index (χ1n) is 7.66. The van der Waals surface area contributed by atoms with Gasteiger partial charge in [-0.15, -0.1) is 0 Å². The van der Waals surface area contributed by atoms with E-state index in [0.29, 0.717) is 32.3 Å². The molecule has 4 rings (SSSR count). The Kier molecular flexibility index (Phi) is 4.22. The molecule has 0 saturated heterocycles. The van der Waals surface area contributed by atoms with E-state index in [0.717, 1.165) is 0 Å². The van der Waals surface area contributed by atoms with Gasteiger partial charge in [0.15, 0.2) is 5.65 Å². The number of benzene rings is 2. The third kappa shape index (κ3) is 2.87. The monoisotopic (exact) mass is 388 g/mol. The quantitative estimate of drug-likeness (QED) is 0.531. The molecule has 0 N–H and O–H groups in total. The van der Waals surface area contributed by atoms with Gasteiger partial charge in [-0.05, 0) is 36.4 Å². The van der Waals surface area contributed by atoms with E-state index in [1.54, 1.807) is 30.3 Å². The molecule has 26 heavy (non-hydrogen) atoms. The van der Waals surface area contributed by atoms with Gasteiger partial charge in [0.1, 0.15) is 17.5 Å². The summed E-state index contributed by atoms with van der Waals surface area (Å²) in [5, 5.41) is 5.51. The molecule has 2 heterocycles. The minimum atomic E-state index is -0.350. The predicted octanol–water partition coefficient (Wildman–Crippen LogP) is 4.08. The van der Waals surface area contributed by atoms with Gasteiger partial charge in [0.2, 0.25) is 0 Å². The molecule has 130 valence electrons. The van der Waals surface area contributed by atoms with Crippen molar-refractivity contribution in [2.75, 3.05) is 0 Å². The second-order valence-corrected chi connectivity index (χ2v) is 6.46. The lowest BCUT2D eigenvalue weighted by Crippen LogP contribution is -2.21. The Balaban J connectivity index is 1.79. The average Bonchev–Trinajstić information content (AvgIpc) is 3.05. The van der Waals surface area contributed by atoms with E-state index < -0.39 is 0 Å². The van der Waals surface area contributed by atoms with E-state index in [1.807, 2.05) is 0 Å². The van der Waals surface area contributed by atoms with Crippen LogP contribution in [0.5, 0.6) is 0 Å². The third-order valence-electron chi connectivity index (χ3n) is 4.02. The van der Waals surface area contributed by atoms with Crippen LogP contribution in [0.3, 0.4) is 0 Å². The number of halogens is 3. The van der Waals surface area contributed by atoms with Crippen LogP contribution in [0.25, 0.3) is 16.7 Å². The fourth-order valence-corrected chi connectivity index (χ4v) is 3.20. The largest absolute Gasteiger partial charge is 0.294 e. The summed E-state index contributed by atoms with van der Waals surface area (Å²) in [6.45, 7) is 0.196. The molecule has 4 aromatic rings. The van der Waals surface area contributed by atoms with Gasteiger partial charge in [-0.3, -0.25) is 9.36 Å². The molecule has 0 bridgehead atoms. The molecule has 8 heteroatoms. The molecule has 0 spiro atoms. The van der Waals surface area contributed by atoms with Gasteiger partial charge in [0.05, 0.1) is 18.4 Å². The summed E-state index contributed by atoms with van der Waals surface area (Å²) in [7, 11) is 0. The Hall–Kier alpha value is -2.70. The van der Waals surface area contributed by atoms with Crippen molar-refractivity contribution in [2.24, 2.45) is 0 Å². The van der Waals surface area contributed by atoms with Gasteiger partial charge >= 0.3 is 0 Å². The van der Waals surface area contributed by atoms with Gasteiger partial charge in [0, 0.05) is 15.6 Å². The summed E-state index contributed by atoms with van der Waals surface area (Å²) in [4.78, 5) is 17.1. The maximum atomic E-state index is 13.1. The first-order chi connectivity index (χ1) is 12.5. The molecule has 0 atom stereocenters. The van der Waals surface area contributed by atoms with Gasteiger partial charge in [-0.25, -0.2) is 14.1 Å². The summed E-state index contributed by atoms with van der Waals surface area (Å²) in [5.74, 6) is -0.350. The number of aromatic nitrogens is 4.